The van der Waals surface area contributed by atoms with Gasteiger partial charge in [-0.15, -0.1) is 0 Å². The van der Waals surface area contributed by atoms with Crippen molar-refractivity contribution >= 4 is 32.7 Å². The Morgan fingerprint density at radius 3 is 1.75 bits per heavy atom. The predicted octanol–water partition coefficient (Wildman–Crippen LogP) is 9.85. The molecule has 3 aromatic carbocycles. The maximum Gasteiger partial charge on any atom is 0.0978 e. The number of hydrogen-bond donors (Lipinski definition) is 0. The molecule has 6 heterocycles. The Bertz CT molecular complexity index is 2530. The molecular formula is C42H26N6. The fourth-order valence-electron chi connectivity index (χ4n) is 6.30. The van der Waals surface area contributed by atoms with Gasteiger partial charge >= 0.3 is 0 Å². The van der Waals surface area contributed by atoms with E-state index in [-0.39, 0.29) is 0 Å². The number of para-hydroxylation sites is 1. The van der Waals surface area contributed by atoms with Crippen molar-refractivity contribution in [2.24, 2.45) is 0 Å². The zero-order valence-corrected chi connectivity index (χ0v) is 25.7. The van der Waals surface area contributed by atoms with Gasteiger partial charge in [0, 0.05) is 51.4 Å². The molecule has 9 rings (SSSR count). The maximum absolute atomic E-state index is 5.20. The summed E-state index contributed by atoms with van der Waals surface area (Å²) < 4.78 is 0. The summed E-state index contributed by atoms with van der Waals surface area (Å²) in [6.45, 7) is 0. The first-order chi connectivity index (χ1) is 23.8. The molecule has 0 atom stereocenters. The molecule has 0 aliphatic carbocycles. The third-order valence-electron chi connectivity index (χ3n) is 8.61. The number of nitrogens with zero attached hydrogens (tertiary/aromatic N) is 6. The van der Waals surface area contributed by atoms with Crippen molar-refractivity contribution in [3.8, 4) is 56.4 Å². The van der Waals surface area contributed by atoms with E-state index in [1.165, 1.54) is 5.56 Å². The third kappa shape index (κ3) is 4.93. The molecular weight excluding hydrogens is 589 g/mol. The highest BCUT2D eigenvalue weighted by Crippen LogP contribution is 2.38. The van der Waals surface area contributed by atoms with E-state index in [1.54, 1.807) is 12.4 Å². The molecule has 0 bridgehead atoms. The summed E-state index contributed by atoms with van der Waals surface area (Å²) in [4.78, 5) is 29.2. The number of pyridine rings is 6. The summed E-state index contributed by atoms with van der Waals surface area (Å²) in [5, 5.41) is 3.24. The summed E-state index contributed by atoms with van der Waals surface area (Å²) in [5.41, 5.74) is 11.6. The first-order valence-electron chi connectivity index (χ1n) is 15.8. The monoisotopic (exact) mass is 614 g/mol. The second-order valence-corrected chi connectivity index (χ2v) is 11.6. The summed E-state index contributed by atoms with van der Waals surface area (Å²) in [6.07, 6.45) is 5.43. The van der Waals surface area contributed by atoms with Crippen molar-refractivity contribution in [1.29, 1.82) is 0 Å². The molecule has 6 nitrogen and oxygen atoms in total. The minimum atomic E-state index is 0.762. The van der Waals surface area contributed by atoms with Gasteiger partial charge in [-0.25, -0.2) is 15.0 Å². The summed E-state index contributed by atoms with van der Waals surface area (Å²) in [7, 11) is 0. The van der Waals surface area contributed by atoms with Gasteiger partial charge in [0.05, 0.1) is 50.7 Å². The van der Waals surface area contributed by atoms with Crippen molar-refractivity contribution in [3.63, 3.8) is 0 Å². The van der Waals surface area contributed by atoms with Gasteiger partial charge in [0.15, 0.2) is 0 Å². The Hall–Kier alpha value is -6.66. The highest BCUT2D eigenvalue weighted by Gasteiger charge is 2.16. The lowest BCUT2D eigenvalue weighted by molar-refractivity contribution is 1.21. The number of fused-ring (bicyclic) bond motifs is 4. The van der Waals surface area contributed by atoms with Crippen LogP contribution in [-0.2, 0) is 0 Å². The lowest BCUT2D eigenvalue weighted by Crippen LogP contribution is -1.95. The Kier molecular flexibility index (Phi) is 6.68. The fourth-order valence-corrected chi connectivity index (χ4v) is 6.30. The molecule has 0 saturated heterocycles. The second-order valence-electron chi connectivity index (χ2n) is 11.6. The van der Waals surface area contributed by atoms with Gasteiger partial charge in [0.1, 0.15) is 0 Å². The van der Waals surface area contributed by atoms with Gasteiger partial charge in [0.2, 0.25) is 0 Å². The topological polar surface area (TPSA) is 77.3 Å². The van der Waals surface area contributed by atoms with Crippen LogP contribution in [0.4, 0.5) is 0 Å². The Morgan fingerprint density at radius 2 is 1.04 bits per heavy atom. The molecule has 0 saturated carbocycles. The second kappa shape index (κ2) is 11.6. The SMILES string of the molecule is c1ccc(-c2c3ccccc3nc3c2ccc2ccc(-c4ccc(-c5cc(-c6ccccn6)nc(-c6ccccn6)c5)nc4)nc23)cc1. The smallest absolute Gasteiger partial charge is 0.0978 e. The van der Waals surface area contributed by atoms with Crippen molar-refractivity contribution in [2.75, 3.05) is 0 Å². The zero-order valence-electron chi connectivity index (χ0n) is 25.7. The molecule has 6 aromatic heterocycles. The molecule has 0 amide bonds. The Morgan fingerprint density at radius 1 is 0.354 bits per heavy atom. The van der Waals surface area contributed by atoms with Crippen LogP contribution in [0.2, 0.25) is 0 Å². The van der Waals surface area contributed by atoms with Gasteiger partial charge in [-0.1, -0.05) is 78.9 Å². The standard InChI is InChI=1S/C42H26N6/c1-2-10-27(11-3-1)40-31-12-4-5-13-35(31)48-42-32(40)19-16-28-17-21-34(47-41(28)42)29-18-20-33(45-26-29)30-24-38(36-14-6-8-22-43-36)46-39(25-30)37-15-7-9-23-44-37/h1-26H. The minimum absolute atomic E-state index is 0.762. The van der Waals surface area contributed by atoms with Crippen molar-refractivity contribution in [1.82, 2.24) is 29.9 Å². The van der Waals surface area contributed by atoms with E-state index in [4.69, 9.17) is 19.9 Å². The lowest BCUT2D eigenvalue weighted by atomic mass is 9.95. The van der Waals surface area contributed by atoms with E-state index >= 15 is 0 Å². The highest BCUT2D eigenvalue weighted by molar-refractivity contribution is 6.16. The van der Waals surface area contributed by atoms with E-state index < -0.39 is 0 Å². The van der Waals surface area contributed by atoms with Crippen LogP contribution in [0, 0.1) is 0 Å². The summed E-state index contributed by atoms with van der Waals surface area (Å²) in [5.74, 6) is 0. The van der Waals surface area contributed by atoms with E-state index in [1.807, 2.05) is 72.9 Å². The van der Waals surface area contributed by atoms with Crippen LogP contribution in [0.25, 0.3) is 89.1 Å². The number of aromatic nitrogens is 6. The van der Waals surface area contributed by atoms with Gasteiger partial charge in [-0.2, -0.15) is 0 Å². The zero-order chi connectivity index (χ0) is 31.9. The molecule has 9 aromatic rings. The molecule has 0 radical (unpaired) electrons. The molecule has 6 heteroatoms. The minimum Gasteiger partial charge on any atom is -0.256 e. The molecule has 0 aliphatic rings. The molecule has 0 fully saturated rings. The molecule has 224 valence electrons. The average Bonchev–Trinajstić information content (AvgIpc) is 3.17. The average molecular weight is 615 g/mol. The van der Waals surface area contributed by atoms with Crippen LogP contribution in [0.5, 0.6) is 0 Å². The molecule has 48 heavy (non-hydrogen) atoms. The van der Waals surface area contributed by atoms with Crippen LogP contribution in [-0.4, -0.2) is 29.9 Å². The quantitative estimate of drug-likeness (QED) is 0.142. The first kappa shape index (κ1) is 27.6. The number of hydrogen-bond acceptors (Lipinski definition) is 6. The molecule has 0 unspecified atom stereocenters. The van der Waals surface area contributed by atoms with Crippen molar-refractivity contribution in [2.45, 2.75) is 0 Å². The van der Waals surface area contributed by atoms with Gasteiger partial charge in [0.25, 0.3) is 0 Å². The Balaban J connectivity index is 1.16. The van der Waals surface area contributed by atoms with Crippen LogP contribution in [0.3, 0.4) is 0 Å². The van der Waals surface area contributed by atoms with Gasteiger partial charge in [-0.3, -0.25) is 15.0 Å². The Labute approximate surface area is 276 Å². The van der Waals surface area contributed by atoms with Crippen LogP contribution in [0.1, 0.15) is 0 Å². The predicted molar refractivity (Wildman–Crippen MR) is 193 cm³/mol. The van der Waals surface area contributed by atoms with E-state index in [0.29, 0.717) is 0 Å². The van der Waals surface area contributed by atoms with Crippen molar-refractivity contribution in [3.05, 3.63) is 158 Å². The lowest BCUT2D eigenvalue weighted by Gasteiger charge is -2.13. The highest BCUT2D eigenvalue weighted by atomic mass is 14.8. The van der Waals surface area contributed by atoms with E-state index in [0.717, 1.165) is 83.6 Å². The maximum atomic E-state index is 5.20. The fraction of sp³-hybridized carbons (Fsp3) is 0. The molecule has 0 N–H and O–H groups in total. The summed E-state index contributed by atoms with van der Waals surface area (Å²) in [6, 6.07) is 47.1. The van der Waals surface area contributed by atoms with Crippen LogP contribution < -0.4 is 0 Å². The van der Waals surface area contributed by atoms with Crippen LogP contribution >= 0.6 is 0 Å². The number of rotatable bonds is 5. The first-order valence-corrected chi connectivity index (χ1v) is 15.8. The van der Waals surface area contributed by atoms with E-state index in [2.05, 4.69) is 82.8 Å². The summed E-state index contributed by atoms with van der Waals surface area (Å²) >= 11 is 0. The van der Waals surface area contributed by atoms with Crippen molar-refractivity contribution < 1.29 is 0 Å². The molecule has 0 aliphatic heterocycles. The van der Waals surface area contributed by atoms with Gasteiger partial charge < -0.3 is 0 Å². The van der Waals surface area contributed by atoms with Crippen LogP contribution in [0.15, 0.2) is 158 Å². The largest absolute Gasteiger partial charge is 0.256 e. The normalized spacial score (nSPS) is 11.3. The van der Waals surface area contributed by atoms with E-state index in [9.17, 15) is 0 Å². The third-order valence-corrected chi connectivity index (χ3v) is 8.61. The number of benzene rings is 3. The van der Waals surface area contributed by atoms with Gasteiger partial charge in [-0.05, 0) is 66.2 Å². The molecule has 0 spiro atoms.